The Balaban J connectivity index is 1.58. The number of carboxylic acid groups (broad SMARTS) is 1. The van der Waals surface area contributed by atoms with E-state index >= 15 is 0 Å². The van der Waals surface area contributed by atoms with Crippen LogP contribution in [0.3, 0.4) is 0 Å². The summed E-state index contributed by atoms with van der Waals surface area (Å²) in [6, 6.07) is 5.87. The van der Waals surface area contributed by atoms with E-state index in [0.29, 0.717) is 42.1 Å². The molecule has 238 valence electrons. The second-order valence-corrected chi connectivity index (χ2v) is 12.0. The van der Waals surface area contributed by atoms with E-state index in [9.17, 15) is 32.7 Å². The normalized spacial score (nSPS) is 14.5. The molecule has 4 heterocycles. The highest BCUT2D eigenvalue weighted by molar-refractivity contribution is 7.13. The second-order valence-electron chi connectivity index (χ2n) is 11.2. The Kier molecular flexibility index (Phi) is 9.53. The number of fused-ring (bicyclic) bond motifs is 1. The molecular formula is C31H33F3N6O4S. The number of alkyl halides is 3. The van der Waals surface area contributed by atoms with Gasteiger partial charge >= 0.3 is 18.2 Å². The van der Waals surface area contributed by atoms with Crippen LogP contribution in [0.4, 0.5) is 23.8 Å². The lowest BCUT2D eigenvalue weighted by atomic mass is 9.93. The fourth-order valence-corrected chi connectivity index (χ4v) is 6.29. The van der Waals surface area contributed by atoms with E-state index in [1.54, 1.807) is 16.7 Å². The number of benzene rings is 1. The van der Waals surface area contributed by atoms with Crippen molar-refractivity contribution in [2.24, 2.45) is 5.92 Å². The zero-order chi connectivity index (χ0) is 32.3. The minimum absolute atomic E-state index is 0.0339. The minimum atomic E-state index is -4.65. The van der Waals surface area contributed by atoms with Crippen LogP contribution < -0.4 is 16.1 Å². The number of nitrogens with zero attached hydrogens (tertiary/aromatic N) is 4. The van der Waals surface area contributed by atoms with Crippen LogP contribution in [0.2, 0.25) is 0 Å². The van der Waals surface area contributed by atoms with Gasteiger partial charge < -0.3 is 19.9 Å². The third-order valence-electron chi connectivity index (χ3n) is 7.94. The van der Waals surface area contributed by atoms with E-state index in [1.165, 1.54) is 24.5 Å². The number of amides is 2. The Bertz CT molecular complexity index is 1780. The number of carbonyl (C=O) groups excluding carboxylic acids is 1. The lowest BCUT2D eigenvalue weighted by Gasteiger charge is -2.29. The van der Waals surface area contributed by atoms with Gasteiger partial charge in [0, 0.05) is 47.4 Å². The molecule has 14 heteroatoms. The molecule has 0 radical (unpaired) electrons. The number of thiazole rings is 1. The highest BCUT2D eigenvalue weighted by Gasteiger charge is 2.34. The maximum atomic E-state index is 13.4. The number of hydrogen-bond acceptors (Lipinski definition) is 7. The van der Waals surface area contributed by atoms with Gasteiger partial charge in [-0.05, 0) is 75.5 Å². The third kappa shape index (κ3) is 7.34. The Morgan fingerprint density at radius 3 is 2.58 bits per heavy atom. The summed E-state index contributed by atoms with van der Waals surface area (Å²) in [7, 11) is 2.08. The summed E-state index contributed by atoms with van der Waals surface area (Å²) in [6.45, 7) is 4.83. The Labute approximate surface area is 260 Å². The Morgan fingerprint density at radius 2 is 1.91 bits per heavy atom. The van der Waals surface area contributed by atoms with Gasteiger partial charge in [0.2, 0.25) is 5.43 Å². The number of aromatic carboxylic acids is 1. The smallest absolute Gasteiger partial charge is 0.434 e. The molecule has 0 saturated carbocycles. The maximum absolute atomic E-state index is 13.4. The van der Waals surface area contributed by atoms with Crippen LogP contribution in [0.1, 0.15) is 48.7 Å². The highest BCUT2D eigenvalue weighted by atomic mass is 32.1. The molecule has 0 aliphatic carbocycles. The first-order chi connectivity index (χ1) is 21.4. The SMILES string of the molecule is CCCNC(=O)Nc1cc(-c2nc(C(F)(F)F)cs2)c(-c2ccc3c(c2)c(=O)c(C(=O)O)cn3CCC2CCN(C)CC2)cn1. The van der Waals surface area contributed by atoms with Gasteiger partial charge in [-0.15, -0.1) is 11.3 Å². The fourth-order valence-electron chi connectivity index (χ4n) is 5.43. The molecule has 0 unspecified atom stereocenters. The minimum Gasteiger partial charge on any atom is -0.477 e. The molecule has 4 aromatic rings. The van der Waals surface area contributed by atoms with Crippen molar-refractivity contribution in [3.63, 3.8) is 0 Å². The number of pyridine rings is 2. The summed E-state index contributed by atoms with van der Waals surface area (Å²) < 4.78 is 42.1. The molecule has 0 atom stereocenters. The van der Waals surface area contributed by atoms with Crippen molar-refractivity contribution in [1.82, 2.24) is 24.8 Å². The molecule has 0 bridgehead atoms. The van der Waals surface area contributed by atoms with Crippen LogP contribution in [0.15, 0.2) is 46.8 Å². The molecule has 3 aromatic heterocycles. The van der Waals surface area contributed by atoms with Crippen molar-refractivity contribution >= 4 is 40.1 Å². The fraction of sp³-hybridized carbons (Fsp3) is 0.387. The molecular weight excluding hydrogens is 609 g/mol. The summed E-state index contributed by atoms with van der Waals surface area (Å²) >= 11 is 0.782. The molecule has 2 amide bonds. The van der Waals surface area contributed by atoms with Crippen LogP contribution in [0.25, 0.3) is 32.6 Å². The van der Waals surface area contributed by atoms with Gasteiger partial charge in [-0.2, -0.15) is 13.2 Å². The molecule has 1 fully saturated rings. The number of halogens is 3. The average Bonchev–Trinajstić information content (AvgIpc) is 3.52. The van der Waals surface area contributed by atoms with Gasteiger partial charge in [0.25, 0.3) is 0 Å². The van der Waals surface area contributed by atoms with E-state index < -0.39 is 29.3 Å². The first kappa shape index (κ1) is 32.1. The largest absolute Gasteiger partial charge is 0.477 e. The number of carboxylic acids is 1. The van der Waals surface area contributed by atoms with Crippen molar-refractivity contribution in [2.45, 2.75) is 45.3 Å². The zero-order valence-electron chi connectivity index (χ0n) is 24.8. The lowest BCUT2D eigenvalue weighted by Crippen LogP contribution is -2.30. The zero-order valence-corrected chi connectivity index (χ0v) is 25.6. The van der Waals surface area contributed by atoms with E-state index in [4.69, 9.17) is 0 Å². The predicted molar refractivity (Wildman–Crippen MR) is 167 cm³/mol. The number of aryl methyl sites for hydroxylation is 1. The molecule has 1 aromatic carbocycles. The number of urea groups is 1. The molecule has 1 aliphatic heterocycles. The van der Waals surface area contributed by atoms with Crippen LogP contribution in [-0.2, 0) is 12.7 Å². The average molecular weight is 643 g/mol. The van der Waals surface area contributed by atoms with Gasteiger partial charge in [0.15, 0.2) is 5.69 Å². The molecule has 10 nitrogen and oxygen atoms in total. The number of rotatable bonds is 9. The van der Waals surface area contributed by atoms with Crippen molar-refractivity contribution in [3.8, 4) is 21.7 Å². The lowest BCUT2D eigenvalue weighted by molar-refractivity contribution is -0.140. The van der Waals surface area contributed by atoms with Crippen LogP contribution in [0, 0.1) is 5.92 Å². The highest BCUT2D eigenvalue weighted by Crippen LogP contribution is 2.39. The summed E-state index contributed by atoms with van der Waals surface area (Å²) in [4.78, 5) is 48.1. The Hall–Kier alpha value is -4.30. The molecule has 0 spiro atoms. The molecule has 3 N–H and O–H groups in total. The molecule has 45 heavy (non-hydrogen) atoms. The van der Waals surface area contributed by atoms with Crippen LogP contribution in [-0.4, -0.2) is 63.2 Å². The number of carbonyl (C=O) groups is 2. The summed E-state index contributed by atoms with van der Waals surface area (Å²) in [5, 5.41) is 16.2. The standard InChI is InChI=1S/C31H33F3N6O4S/c1-3-9-35-30(44)38-26-14-20(28-37-25(17-45-28)31(32,33)34)22(15-36-26)19-4-5-24-21(13-19)27(41)23(29(42)43)16-40(24)12-8-18-6-10-39(2)11-7-18/h4-5,13-18H,3,6-12H2,1-2H3,(H,42,43)(H2,35,36,38,44). The van der Waals surface area contributed by atoms with Crippen molar-refractivity contribution < 1.29 is 27.9 Å². The van der Waals surface area contributed by atoms with E-state index in [-0.39, 0.29) is 27.3 Å². The van der Waals surface area contributed by atoms with Gasteiger partial charge in [0.1, 0.15) is 16.4 Å². The molecule has 1 saturated heterocycles. The quantitative estimate of drug-likeness (QED) is 0.199. The molecule has 1 aliphatic rings. The monoisotopic (exact) mass is 642 g/mol. The summed E-state index contributed by atoms with van der Waals surface area (Å²) in [5.41, 5.74) is -0.492. The van der Waals surface area contributed by atoms with E-state index in [0.717, 1.165) is 49.1 Å². The third-order valence-corrected chi connectivity index (χ3v) is 8.82. The number of piperidine rings is 1. The predicted octanol–water partition coefficient (Wildman–Crippen LogP) is 6.17. The second kappa shape index (κ2) is 13.4. The van der Waals surface area contributed by atoms with Crippen LogP contribution >= 0.6 is 11.3 Å². The van der Waals surface area contributed by atoms with E-state index in [2.05, 4.69) is 32.5 Å². The first-order valence-electron chi connectivity index (χ1n) is 14.6. The number of likely N-dealkylation sites (tertiary alicyclic amines) is 1. The molecule has 5 rings (SSSR count). The van der Waals surface area contributed by atoms with Crippen molar-refractivity contribution in [2.75, 3.05) is 32.0 Å². The number of aromatic nitrogens is 3. The maximum Gasteiger partial charge on any atom is 0.434 e. The van der Waals surface area contributed by atoms with Gasteiger partial charge in [0.05, 0.1) is 5.52 Å². The van der Waals surface area contributed by atoms with E-state index in [1.807, 2.05) is 6.92 Å². The summed E-state index contributed by atoms with van der Waals surface area (Å²) in [6.07, 6.45) is 1.73. The van der Waals surface area contributed by atoms with Gasteiger partial charge in [-0.25, -0.2) is 19.6 Å². The number of hydrogen-bond donors (Lipinski definition) is 3. The van der Waals surface area contributed by atoms with Gasteiger partial charge in [-0.3, -0.25) is 10.1 Å². The Morgan fingerprint density at radius 1 is 1.16 bits per heavy atom. The first-order valence-corrected chi connectivity index (χ1v) is 15.5. The topological polar surface area (TPSA) is 129 Å². The van der Waals surface area contributed by atoms with Crippen molar-refractivity contribution in [1.29, 1.82) is 0 Å². The van der Waals surface area contributed by atoms with Crippen LogP contribution in [0.5, 0.6) is 0 Å². The summed E-state index contributed by atoms with van der Waals surface area (Å²) in [5.74, 6) is -0.772. The number of nitrogens with one attached hydrogen (secondary N) is 2. The van der Waals surface area contributed by atoms with Gasteiger partial charge in [-0.1, -0.05) is 13.0 Å². The van der Waals surface area contributed by atoms with Crippen molar-refractivity contribution in [3.05, 3.63) is 63.5 Å². The number of anilines is 1.